The fourth-order valence-electron chi connectivity index (χ4n) is 2.45. The second kappa shape index (κ2) is 6.84. The van der Waals surface area contributed by atoms with Crippen LogP contribution in [0.25, 0.3) is 10.9 Å². The number of Topliss-reactive ketones (excluding diaryl/α,β-unsaturated/α-hetero) is 1. The van der Waals surface area contributed by atoms with Crippen molar-refractivity contribution in [3.8, 4) is 5.75 Å². The molecule has 1 aromatic heterocycles. The van der Waals surface area contributed by atoms with Gasteiger partial charge in [-0.2, -0.15) is 0 Å². The molecule has 3 rings (SSSR count). The van der Waals surface area contributed by atoms with Crippen molar-refractivity contribution in [1.82, 2.24) is 4.98 Å². The van der Waals surface area contributed by atoms with Gasteiger partial charge in [0.05, 0.1) is 12.9 Å². The van der Waals surface area contributed by atoms with E-state index in [0.717, 1.165) is 32.8 Å². The Labute approximate surface area is 139 Å². The summed E-state index contributed by atoms with van der Waals surface area (Å²) >= 11 is 1.54. The fraction of sp³-hybridized carbons (Fsp3) is 0.158. The number of ether oxygens (including phenoxy) is 1. The Morgan fingerprint density at radius 1 is 1.13 bits per heavy atom. The Morgan fingerprint density at radius 3 is 2.65 bits per heavy atom. The number of para-hydroxylation sites is 1. The summed E-state index contributed by atoms with van der Waals surface area (Å²) in [6.45, 7) is 1.95. The Morgan fingerprint density at radius 2 is 1.91 bits per heavy atom. The first-order chi connectivity index (χ1) is 11.2. The average Bonchev–Trinajstić information content (AvgIpc) is 2.59. The van der Waals surface area contributed by atoms with Crippen LogP contribution in [-0.2, 0) is 0 Å². The van der Waals surface area contributed by atoms with Crippen LogP contribution < -0.4 is 4.74 Å². The van der Waals surface area contributed by atoms with Crippen molar-refractivity contribution in [3.05, 3.63) is 65.9 Å². The first-order valence-corrected chi connectivity index (χ1v) is 8.33. The van der Waals surface area contributed by atoms with Gasteiger partial charge in [-0.25, -0.2) is 4.98 Å². The van der Waals surface area contributed by atoms with E-state index in [9.17, 15) is 4.79 Å². The molecule has 2 aromatic carbocycles. The van der Waals surface area contributed by atoms with Crippen molar-refractivity contribution in [3.63, 3.8) is 0 Å². The highest BCUT2D eigenvalue weighted by atomic mass is 32.2. The fourth-order valence-corrected chi connectivity index (χ4v) is 3.47. The normalized spacial score (nSPS) is 10.7. The second-order valence-electron chi connectivity index (χ2n) is 5.20. The van der Waals surface area contributed by atoms with Crippen LogP contribution in [0.1, 0.15) is 16.1 Å². The number of aromatic nitrogens is 1. The molecule has 0 spiro atoms. The van der Waals surface area contributed by atoms with E-state index in [1.165, 1.54) is 0 Å². The van der Waals surface area contributed by atoms with Crippen molar-refractivity contribution >= 4 is 28.4 Å². The minimum Gasteiger partial charge on any atom is -0.494 e. The number of pyridine rings is 1. The van der Waals surface area contributed by atoms with Gasteiger partial charge in [0, 0.05) is 21.5 Å². The van der Waals surface area contributed by atoms with E-state index in [0.29, 0.717) is 5.75 Å². The quantitative estimate of drug-likeness (QED) is 0.511. The smallest absolute Gasteiger partial charge is 0.173 e. The van der Waals surface area contributed by atoms with Gasteiger partial charge in [0.2, 0.25) is 0 Å². The van der Waals surface area contributed by atoms with Crippen LogP contribution in [0.2, 0.25) is 0 Å². The molecular formula is C19H17NO2S. The number of ketones is 1. The lowest BCUT2D eigenvalue weighted by Gasteiger charge is -2.10. The second-order valence-corrected chi connectivity index (χ2v) is 6.21. The van der Waals surface area contributed by atoms with E-state index in [-0.39, 0.29) is 5.78 Å². The number of carbonyl (C=O) groups excluding carboxylic acids is 1. The summed E-state index contributed by atoms with van der Waals surface area (Å²) in [5.41, 5.74) is 2.49. The number of rotatable bonds is 5. The number of benzene rings is 2. The molecule has 0 aliphatic heterocycles. The van der Waals surface area contributed by atoms with Crippen molar-refractivity contribution in [1.29, 1.82) is 0 Å². The standard InChI is InChI=1S/C19H17NO2S/c1-13-11-18(15-9-6-10-17(22-2)19(15)20-13)23-12-16(21)14-7-4-3-5-8-14/h3-11H,12H2,1-2H3. The molecular weight excluding hydrogens is 306 g/mol. The highest BCUT2D eigenvalue weighted by Gasteiger charge is 2.11. The van der Waals surface area contributed by atoms with Gasteiger partial charge in [-0.3, -0.25) is 4.79 Å². The number of carbonyl (C=O) groups is 1. The molecule has 23 heavy (non-hydrogen) atoms. The summed E-state index contributed by atoms with van der Waals surface area (Å²) in [5.74, 6) is 1.28. The third-order valence-electron chi connectivity index (χ3n) is 3.57. The Bertz CT molecular complexity index is 847. The van der Waals surface area contributed by atoms with Crippen LogP contribution in [0, 0.1) is 6.92 Å². The molecule has 3 nitrogen and oxygen atoms in total. The number of hydrogen-bond acceptors (Lipinski definition) is 4. The molecule has 0 atom stereocenters. The summed E-state index contributed by atoms with van der Waals surface area (Å²) in [6, 6.07) is 17.3. The molecule has 3 aromatic rings. The topological polar surface area (TPSA) is 39.2 Å². The van der Waals surface area contributed by atoms with Crippen LogP contribution in [0.5, 0.6) is 5.75 Å². The predicted molar refractivity (Wildman–Crippen MR) is 94.5 cm³/mol. The van der Waals surface area contributed by atoms with E-state index in [1.54, 1.807) is 18.9 Å². The summed E-state index contributed by atoms with van der Waals surface area (Å²) in [4.78, 5) is 17.9. The lowest BCUT2D eigenvalue weighted by molar-refractivity contribution is 0.102. The summed E-state index contributed by atoms with van der Waals surface area (Å²) in [5, 5.41) is 1.01. The molecule has 0 saturated carbocycles. The zero-order chi connectivity index (χ0) is 16.2. The Balaban J connectivity index is 1.90. The third kappa shape index (κ3) is 3.37. The molecule has 116 valence electrons. The lowest BCUT2D eigenvalue weighted by Crippen LogP contribution is -2.02. The maximum Gasteiger partial charge on any atom is 0.173 e. The van der Waals surface area contributed by atoms with E-state index >= 15 is 0 Å². The van der Waals surface area contributed by atoms with Gasteiger partial charge in [0.1, 0.15) is 11.3 Å². The van der Waals surface area contributed by atoms with Crippen LogP contribution in [0.15, 0.2) is 59.5 Å². The molecule has 0 bridgehead atoms. The van der Waals surface area contributed by atoms with Crippen molar-refractivity contribution in [2.24, 2.45) is 0 Å². The van der Waals surface area contributed by atoms with Crippen molar-refractivity contribution in [2.75, 3.05) is 12.9 Å². The van der Waals surface area contributed by atoms with Gasteiger partial charge in [-0.15, -0.1) is 11.8 Å². The van der Waals surface area contributed by atoms with Crippen LogP contribution in [-0.4, -0.2) is 23.6 Å². The number of nitrogens with zero attached hydrogens (tertiary/aromatic N) is 1. The molecule has 1 heterocycles. The number of thioether (sulfide) groups is 1. The number of aryl methyl sites for hydroxylation is 1. The highest BCUT2D eigenvalue weighted by molar-refractivity contribution is 8.00. The molecule has 0 amide bonds. The minimum absolute atomic E-state index is 0.126. The first-order valence-electron chi connectivity index (χ1n) is 7.34. The van der Waals surface area contributed by atoms with Gasteiger partial charge >= 0.3 is 0 Å². The molecule has 0 aliphatic rings. The maximum absolute atomic E-state index is 12.3. The van der Waals surface area contributed by atoms with E-state index in [1.807, 2.05) is 61.5 Å². The molecule has 0 fully saturated rings. The van der Waals surface area contributed by atoms with Gasteiger partial charge in [-0.05, 0) is 19.1 Å². The molecule has 0 aliphatic carbocycles. The van der Waals surface area contributed by atoms with E-state index < -0.39 is 0 Å². The van der Waals surface area contributed by atoms with Crippen LogP contribution >= 0.6 is 11.8 Å². The molecule has 0 saturated heterocycles. The van der Waals surface area contributed by atoms with Crippen molar-refractivity contribution in [2.45, 2.75) is 11.8 Å². The molecule has 4 heteroatoms. The largest absolute Gasteiger partial charge is 0.494 e. The van der Waals surface area contributed by atoms with Crippen LogP contribution in [0.3, 0.4) is 0 Å². The third-order valence-corrected chi connectivity index (χ3v) is 4.62. The zero-order valence-corrected chi connectivity index (χ0v) is 13.9. The zero-order valence-electron chi connectivity index (χ0n) is 13.1. The summed E-state index contributed by atoms with van der Waals surface area (Å²) in [6.07, 6.45) is 0. The van der Waals surface area contributed by atoms with Gasteiger partial charge in [0.15, 0.2) is 5.78 Å². The number of hydrogen-bond donors (Lipinski definition) is 0. The lowest BCUT2D eigenvalue weighted by atomic mass is 10.2. The minimum atomic E-state index is 0.126. The van der Waals surface area contributed by atoms with Gasteiger partial charge in [-0.1, -0.05) is 42.5 Å². The predicted octanol–water partition coefficient (Wildman–Crippen LogP) is 4.53. The van der Waals surface area contributed by atoms with Crippen molar-refractivity contribution < 1.29 is 9.53 Å². The molecule has 0 unspecified atom stereocenters. The number of methoxy groups -OCH3 is 1. The van der Waals surface area contributed by atoms with Gasteiger partial charge in [0.25, 0.3) is 0 Å². The Kier molecular flexibility index (Phi) is 4.63. The molecule has 0 N–H and O–H groups in total. The van der Waals surface area contributed by atoms with Crippen LogP contribution in [0.4, 0.5) is 0 Å². The number of fused-ring (bicyclic) bond motifs is 1. The van der Waals surface area contributed by atoms with E-state index in [2.05, 4.69) is 4.98 Å². The first kappa shape index (κ1) is 15.6. The average molecular weight is 323 g/mol. The monoisotopic (exact) mass is 323 g/mol. The molecule has 0 radical (unpaired) electrons. The van der Waals surface area contributed by atoms with Gasteiger partial charge < -0.3 is 4.74 Å². The van der Waals surface area contributed by atoms with E-state index in [4.69, 9.17) is 4.74 Å². The summed E-state index contributed by atoms with van der Waals surface area (Å²) < 4.78 is 5.39. The highest BCUT2D eigenvalue weighted by Crippen LogP contribution is 2.32. The Hall–Kier alpha value is -2.33. The summed E-state index contributed by atoms with van der Waals surface area (Å²) in [7, 11) is 1.64. The SMILES string of the molecule is COc1cccc2c(SCC(=O)c3ccccc3)cc(C)nc12. The maximum atomic E-state index is 12.3.